The molecule has 0 saturated heterocycles. The number of phenolic OH excluding ortho intramolecular Hbond substituents is 1. The van der Waals surface area contributed by atoms with Crippen LogP contribution in [-0.4, -0.2) is 12.2 Å². The highest BCUT2D eigenvalue weighted by molar-refractivity contribution is 5.97. The molecule has 0 aromatic heterocycles. The summed E-state index contributed by atoms with van der Waals surface area (Å²) in [7, 11) is 1.66. The summed E-state index contributed by atoms with van der Waals surface area (Å²) in [4.78, 5) is 0. The van der Waals surface area contributed by atoms with Crippen molar-refractivity contribution in [3.63, 3.8) is 0 Å². The molecule has 0 aliphatic rings. The van der Waals surface area contributed by atoms with E-state index in [1.165, 1.54) is 5.56 Å². The summed E-state index contributed by atoms with van der Waals surface area (Å²) in [6.07, 6.45) is 0. The SMILES string of the molecule is COc1ccc(CNc2cccc3c(O)cccc23)cc1. The van der Waals surface area contributed by atoms with Gasteiger partial charge in [0.25, 0.3) is 0 Å². The Morgan fingerprint density at radius 2 is 1.62 bits per heavy atom. The normalized spacial score (nSPS) is 10.5. The number of rotatable bonds is 4. The molecule has 0 radical (unpaired) electrons. The third-order valence-electron chi connectivity index (χ3n) is 3.54. The van der Waals surface area contributed by atoms with Gasteiger partial charge in [0.15, 0.2) is 0 Å². The molecule has 0 heterocycles. The van der Waals surface area contributed by atoms with Crippen LogP contribution >= 0.6 is 0 Å². The Morgan fingerprint density at radius 1 is 0.905 bits per heavy atom. The lowest BCUT2D eigenvalue weighted by Gasteiger charge is -2.11. The fourth-order valence-electron chi connectivity index (χ4n) is 2.39. The molecular formula is C18H17NO2. The number of phenols is 1. The van der Waals surface area contributed by atoms with Crippen LogP contribution in [0.4, 0.5) is 5.69 Å². The summed E-state index contributed by atoms with van der Waals surface area (Å²) in [5.74, 6) is 1.16. The lowest BCUT2D eigenvalue weighted by molar-refractivity contribution is 0.414. The van der Waals surface area contributed by atoms with Gasteiger partial charge in [-0.15, -0.1) is 0 Å². The molecule has 0 spiro atoms. The first kappa shape index (κ1) is 13.3. The molecule has 3 aromatic rings. The number of anilines is 1. The third-order valence-corrected chi connectivity index (χ3v) is 3.54. The molecule has 0 aliphatic heterocycles. The van der Waals surface area contributed by atoms with E-state index in [1.807, 2.05) is 54.6 Å². The molecular weight excluding hydrogens is 262 g/mol. The fourth-order valence-corrected chi connectivity index (χ4v) is 2.39. The van der Waals surface area contributed by atoms with Crippen LogP contribution in [0.5, 0.6) is 11.5 Å². The number of aromatic hydroxyl groups is 1. The van der Waals surface area contributed by atoms with E-state index in [0.717, 1.165) is 28.8 Å². The van der Waals surface area contributed by atoms with E-state index in [0.29, 0.717) is 5.75 Å². The number of hydrogen-bond acceptors (Lipinski definition) is 3. The molecule has 0 fully saturated rings. The van der Waals surface area contributed by atoms with Crippen molar-refractivity contribution in [3.8, 4) is 11.5 Å². The van der Waals surface area contributed by atoms with Gasteiger partial charge in [-0.25, -0.2) is 0 Å². The van der Waals surface area contributed by atoms with Crippen LogP contribution < -0.4 is 10.1 Å². The predicted molar refractivity (Wildman–Crippen MR) is 85.9 cm³/mol. The highest BCUT2D eigenvalue weighted by Gasteiger charge is 2.03. The lowest BCUT2D eigenvalue weighted by Crippen LogP contribution is -1.99. The second-order valence-corrected chi connectivity index (χ2v) is 4.88. The highest BCUT2D eigenvalue weighted by atomic mass is 16.5. The minimum atomic E-state index is 0.306. The molecule has 0 bridgehead atoms. The van der Waals surface area contributed by atoms with E-state index in [4.69, 9.17) is 4.74 Å². The highest BCUT2D eigenvalue weighted by Crippen LogP contribution is 2.30. The van der Waals surface area contributed by atoms with Gasteiger partial charge in [0, 0.05) is 23.0 Å². The van der Waals surface area contributed by atoms with Gasteiger partial charge in [-0.2, -0.15) is 0 Å². The molecule has 3 rings (SSSR count). The average Bonchev–Trinajstić information content (AvgIpc) is 2.54. The van der Waals surface area contributed by atoms with Crippen LogP contribution in [0.1, 0.15) is 5.56 Å². The summed E-state index contributed by atoms with van der Waals surface area (Å²) in [6.45, 7) is 0.721. The first-order valence-corrected chi connectivity index (χ1v) is 6.85. The Labute approximate surface area is 123 Å². The minimum absolute atomic E-state index is 0.306. The van der Waals surface area contributed by atoms with Gasteiger partial charge < -0.3 is 15.2 Å². The van der Waals surface area contributed by atoms with E-state index in [1.54, 1.807) is 13.2 Å². The van der Waals surface area contributed by atoms with Crippen molar-refractivity contribution in [1.29, 1.82) is 0 Å². The zero-order chi connectivity index (χ0) is 14.7. The zero-order valence-electron chi connectivity index (χ0n) is 11.8. The van der Waals surface area contributed by atoms with Crippen molar-refractivity contribution in [3.05, 3.63) is 66.2 Å². The molecule has 0 saturated carbocycles. The van der Waals surface area contributed by atoms with E-state index in [2.05, 4.69) is 5.32 Å². The average molecular weight is 279 g/mol. The van der Waals surface area contributed by atoms with Gasteiger partial charge in [-0.3, -0.25) is 0 Å². The molecule has 3 nitrogen and oxygen atoms in total. The Bertz CT molecular complexity index is 751. The van der Waals surface area contributed by atoms with Crippen molar-refractivity contribution in [2.75, 3.05) is 12.4 Å². The van der Waals surface area contributed by atoms with Crippen molar-refractivity contribution in [1.82, 2.24) is 0 Å². The molecule has 0 atom stereocenters. The van der Waals surface area contributed by atoms with Crippen molar-refractivity contribution in [2.24, 2.45) is 0 Å². The van der Waals surface area contributed by atoms with E-state index >= 15 is 0 Å². The number of nitrogens with one attached hydrogen (secondary N) is 1. The number of hydrogen-bond donors (Lipinski definition) is 2. The molecule has 3 aromatic carbocycles. The maximum absolute atomic E-state index is 9.90. The Morgan fingerprint density at radius 3 is 2.38 bits per heavy atom. The van der Waals surface area contributed by atoms with Crippen molar-refractivity contribution in [2.45, 2.75) is 6.54 Å². The van der Waals surface area contributed by atoms with Crippen LogP contribution in [0.3, 0.4) is 0 Å². The second kappa shape index (κ2) is 5.75. The van der Waals surface area contributed by atoms with E-state index in [-0.39, 0.29) is 0 Å². The van der Waals surface area contributed by atoms with Gasteiger partial charge in [0.2, 0.25) is 0 Å². The quantitative estimate of drug-likeness (QED) is 0.753. The van der Waals surface area contributed by atoms with E-state index in [9.17, 15) is 5.11 Å². The molecule has 21 heavy (non-hydrogen) atoms. The van der Waals surface area contributed by atoms with Gasteiger partial charge in [-0.05, 0) is 29.8 Å². The number of methoxy groups -OCH3 is 1. The molecule has 0 aliphatic carbocycles. The van der Waals surface area contributed by atoms with Gasteiger partial charge in [-0.1, -0.05) is 36.4 Å². The minimum Gasteiger partial charge on any atom is -0.507 e. The maximum atomic E-state index is 9.90. The summed E-state index contributed by atoms with van der Waals surface area (Å²) < 4.78 is 5.15. The van der Waals surface area contributed by atoms with Gasteiger partial charge in [0.1, 0.15) is 11.5 Å². The fraction of sp³-hybridized carbons (Fsp3) is 0.111. The Balaban J connectivity index is 1.83. The number of fused-ring (bicyclic) bond motifs is 1. The molecule has 0 amide bonds. The predicted octanol–water partition coefficient (Wildman–Crippen LogP) is 4.17. The first-order valence-electron chi connectivity index (χ1n) is 6.85. The summed E-state index contributed by atoms with van der Waals surface area (Å²) in [6, 6.07) is 19.4. The monoisotopic (exact) mass is 279 g/mol. The maximum Gasteiger partial charge on any atom is 0.123 e. The largest absolute Gasteiger partial charge is 0.507 e. The Hall–Kier alpha value is -2.68. The standard InChI is InChI=1S/C18H17NO2/c1-21-14-10-8-13(9-11-14)12-19-17-6-2-5-16-15(17)4-3-7-18(16)20/h2-11,19-20H,12H2,1H3. The summed E-state index contributed by atoms with van der Waals surface area (Å²) in [5, 5.41) is 15.2. The lowest BCUT2D eigenvalue weighted by atomic mass is 10.1. The van der Waals surface area contributed by atoms with Crippen LogP contribution in [0.15, 0.2) is 60.7 Å². The van der Waals surface area contributed by atoms with Crippen LogP contribution in [0.2, 0.25) is 0 Å². The smallest absolute Gasteiger partial charge is 0.123 e. The Kier molecular flexibility index (Phi) is 3.65. The van der Waals surface area contributed by atoms with Crippen LogP contribution in [-0.2, 0) is 6.54 Å². The van der Waals surface area contributed by atoms with Gasteiger partial charge >= 0.3 is 0 Å². The number of ether oxygens (including phenoxy) is 1. The zero-order valence-corrected chi connectivity index (χ0v) is 11.8. The van der Waals surface area contributed by atoms with Crippen molar-refractivity contribution >= 4 is 16.5 Å². The summed E-state index contributed by atoms with van der Waals surface area (Å²) in [5.41, 5.74) is 2.19. The molecule has 3 heteroatoms. The molecule has 0 unspecified atom stereocenters. The van der Waals surface area contributed by atoms with Crippen LogP contribution in [0, 0.1) is 0 Å². The first-order chi connectivity index (χ1) is 10.3. The third kappa shape index (κ3) is 2.77. The van der Waals surface area contributed by atoms with E-state index < -0.39 is 0 Å². The second-order valence-electron chi connectivity index (χ2n) is 4.88. The van der Waals surface area contributed by atoms with Gasteiger partial charge in [0.05, 0.1) is 7.11 Å². The van der Waals surface area contributed by atoms with Crippen LogP contribution in [0.25, 0.3) is 10.8 Å². The summed E-state index contributed by atoms with van der Waals surface area (Å²) >= 11 is 0. The number of benzene rings is 3. The topological polar surface area (TPSA) is 41.5 Å². The molecule has 106 valence electrons. The van der Waals surface area contributed by atoms with Crippen molar-refractivity contribution < 1.29 is 9.84 Å². The molecule has 2 N–H and O–H groups in total.